The Balaban J connectivity index is 1.08. The number of hydrogen-bond donors (Lipinski definition) is 0. The molecule has 19 rings (SSSR count). The highest BCUT2D eigenvalue weighted by molar-refractivity contribution is 6.19. The Hall–Kier alpha value is -14.8. The van der Waals surface area contributed by atoms with Gasteiger partial charge in [-0.3, -0.25) is 0 Å². The van der Waals surface area contributed by atoms with Crippen molar-refractivity contribution in [1.82, 2.24) is 23.3 Å². The van der Waals surface area contributed by atoms with E-state index in [2.05, 4.69) is 164 Å². The van der Waals surface area contributed by atoms with E-state index in [0.717, 1.165) is 121 Å². The van der Waals surface area contributed by atoms with E-state index in [1.807, 2.05) is 176 Å². The van der Waals surface area contributed by atoms with Gasteiger partial charge < -0.3 is 22.7 Å². The van der Waals surface area contributed by atoms with Crippen molar-refractivity contribution in [3.63, 3.8) is 0 Å². The zero-order valence-electron chi connectivity index (χ0n) is 53.6. The maximum atomic E-state index is 13.3. The summed E-state index contributed by atoms with van der Waals surface area (Å²) in [7, 11) is 0. The molecule has 5 heterocycles. The third-order valence-electron chi connectivity index (χ3n) is 20.0. The predicted molar refractivity (Wildman–Crippen MR) is 402 cm³/mol. The van der Waals surface area contributed by atoms with Crippen molar-refractivity contribution in [3.8, 4) is 109 Å². The fourth-order valence-corrected chi connectivity index (χ4v) is 15.9. The van der Waals surface area contributed by atoms with E-state index < -0.39 is 0 Å². The fraction of sp³-hybridized carbons (Fsp3) is 0. The van der Waals surface area contributed by atoms with Gasteiger partial charge in [-0.2, -0.15) is 26.3 Å². The van der Waals surface area contributed by atoms with Crippen LogP contribution >= 0.6 is 0 Å². The number of para-hydroxylation sites is 10. The number of oxazole rings is 1. The molecule has 14 aromatic carbocycles. The molecule has 0 spiro atoms. The SMILES string of the molecule is N#Cc1ccc2c(c1)c1ccccc1n2-c1ccccc1-c1c(C#N)c(-c2ccccc2-n2c3ccccc3c3cc(C#N)ccc32)c(-c2ccccc2-n2c3ccccc3c3cc(C#N)ccc32)c(-c2ccccc2-n2c3ccccc3c3cc(C#N)ccc32)c1-c1nc2ccccc2o1. The lowest BCUT2D eigenvalue weighted by molar-refractivity contribution is 0.620. The summed E-state index contributed by atoms with van der Waals surface area (Å²) in [5.41, 5.74) is 19.6. The minimum Gasteiger partial charge on any atom is -0.436 e. The average Bonchev–Trinajstić information content (AvgIpc) is 1.46. The van der Waals surface area contributed by atoms with Gasteiger partial charge in [-0.05, 0) is 133 Å². The van der Waals surface area contributed by atoms with Gasteiger partial charge in [-0.15, -0.1) is 0 Å². The topological polar surface area (TPSA) is 165 Å². The van der Waals surface area contributed by atoms with Crippen LogP contribution in [0, 0.1) is 56.7 Å². The molecule has 101 heavy (non-hydrogen) atoms. The number of rotatable bonds is 9. The zero-order valence-corrected chi connectivity index (χ0v) is 53.6. The fourth-order valence-electron chi connectivity index (χ4n) is 15.9. The largest absolute Gasteiger partial charge is 0.436 e. The summed E-state index contributed by atoms with van der Waals surface area (Å²) in [6, 6.07) is 110. The molecule has 5 aromatic heterocycles. The predicted octanol–water partition coefficient (Wildman–Crippen LogP) is 21.9. The van der Waals surface area contributed by atoms with E-state index in [0.29, 0.717) is 77.9 Å². The first-order chi connectivity index (χ1) is 49.9. The van der Waals surface area contributed by atoms with Crippen LogP contribution in [0.2, 0.25) is 0 Å². The van der Waals surface area contributed by atoms with Crippen molar-refractivity contribution in [2.24, 2.45) is 0 Å². The van der Waals surface area contributed by atoms with Crippen molar-refractivity contribution < 1.29 is 4.42 Å². The van der Waals surface area contributed by atoms with Crippen LogP contribution in [-0.4, -0.2) is 23.3 Å². The minimum absolute atomic E-state index is 0.259. The smallest absolute Gasteiger partial charge is 0.228 e. The Morgan fingerprint density at radius 1 is 0.248 bits per heavy atom. The van der Waals surface area contributed by atoms with Crippen LogP contribution in [-0.2, 0) is 0 Å². The van der Waals surface area contributed by atoms with Gasteiger partial charge in [0, 0.05) is 87.6 Å². The molecule has 0 amide bonds. The number of nitrogens with zero attached hydrogens (tertiary/aromatic N) is 10. The second-order valence-electron chi connectivity index (χ2n) is 25.2. The van der Waals surface area contributed by atoms with E-state index >= 15 is 0 Å². The van der Waals surface area contributed by atoms with Crippen LogP contribution in [0.3, 0.4) is 0 Å². The first-order valence-corrected chi connectivity index (χ1v) is 33.1. The molecule has 0 aliphatic carbocycles. The summed E-state index contributed by atoms with van der Waals surface area (Å²) >= 11 is 0. The number of nitriles is 5. The summed E-state index contributed by atoms with van der Waals surface area (Å²) < 4.78 is 16.5. The molecule has 0 unspecified atom stereocenters. The summed E-state index contributed by atoms with van der Waals surface area (Å²) in [5, 5.41) is 62.6. The Morgan fingerprint density at radius 3 is 0.861 bits per heavy atom. The molecule has 0 saturated heterocycles. The molecule has 0 aliphatic heterocycles. The molecule has 0 aliphatic rings. The van der Waals surface area contributed by atoms with Gasteiger partial charge in [-0.25, -0.2) is 4.98 Å². The Bertz CT molecular complexity index is 7020. The van der Waals surface area contributed by atoms with E-state index in [9.17, 15) is 26.3 Å². The number of hydrogen-bond acceptors (Lipinski definition) is 7. The summed E-state index contributed by atoms with van der Waals surface area (Å²) in [6.45, 7) is 0. The lowest BCUT2D eigenvalue weighted by atomic mass is 9.76. The van der Waals surface area contributed by atoms with Crippen LogP contribution in [0.15, 0.2) is 296 Å². The Labute approximate surface area is 577 Å². The monoisotopic (exact) mass is 1280 g/mol. The van der Waals surface area contributed by atoms with Crippen LogP contribution in [0.4, 0.5) is 0 Å². The summed E-state index contributed by atoms with van der Waals surface area (Å²) in [4.78, 5) is 5.59. The third-order valence-corrected chi connectivity index (χ3v) is 20.0. The van der Waals surface area contributed by atoms with Gasteiger partial charge in [0.05, 0.1) is 125 Å². The van der Waals surface area contributed by atoms with Crippen molar-refractivity contribution in [2.45, 2.75) is 0 Å². The van der Waals surface area contributed by atoms with Gasteiger partial charge in [-0.1, -0.05) is 158 Å². The van der Waals surface area contributed by atoms with Crippen LogP contribution in [0.1, 0.15) is 27.8 Å². The standard InChI is InChI=1S/C90H48N10O/c91-49-54-37-41-80-66(45-54)58-19-1-10-28-72(58)97(80)76-32-14-5-23-62(76)85-70(53-95)86(63-24-6-15-33-77(63)98-73-29-11-2-20-59(73)67-46-55(50-92)38-42-81(67)98)89(90-96-71-27-9-18-36-84(71)101-90)88(65-26-8-17-35-79(65)100-75-31-13-4-22-61(75)69-48-57(52-94)40-44-83(69)100)87(85)64-25-7-16-34-78(64)99-74-30-12-3-21-60(74)68-47-56(51-93)39-43-82(68)99/h1-48H. The second-order valence-corrected chi connectivity index (χ2v) is 25.2. The normalized spacial score (nSPS) is 11.5. The molecule has 11 heteroatoms. The van der Waals surface area contributed by atoms with E-state index in [1.165, 1.54) is 0 Å². The lowest BCUT2D eigenvalue weighted by Crippen LogP contribution is -2.08. The van der Waals surface area contributed by atoms with Crippen LogP contribution < -0.4 is 0 Å². The first kappa shape index (κ1) is 57.6. The van der Waals surface area contributed by atoms with Gasteiger partial charge in [0.1, 0.15) is 11.6 Å². The molecule has 0 radical (unpaired) electrons. The molecule has 19 aromatic rings. The van der Waals surface area contributed by atoms with E-state index in [1.54, 1.807) is 0 Å². The van der Waals surface area contributed by atoms with Gasteiger partial charge in [0.15, 0.2) is 5.58 Å². The van der Waals surface area contributed by atoms with E-state index in [4.69, 9.17) is 9.40 Å². The van der Waals surface area contributed by atoms with Crippen molar-refractivity contribution in [3.05, 3.63) is 319 Å². The summed E-state index contributed by atoms with van der Waals surface area (Å²) in [6.07, 6.45) is 0. The Kier molecular flexibility index (Phi) is 12.9. The molecule has 11 nitrogen and oxygen atoms in total. The minimum atomic E-state index is 0.259. The molecular formula is C90H48N10O. The second kappa shape index (κ2) is 22.7. The molecule has 464 valence electrons. The van der Waals surface area contributed by atoms with Crippen molar-refractivity contribution in [1.29, 1.82) is 26.3 Å². The molecule has 0 N–H and O–H groups in total. The number of benzene rings is 14. The highest BCUT2D eigenvalue weighted by Gasteiger charge is 2.36. The van der Waals surface area contributed by atoms with Crippen molar-refractivity contribution in [2.75, 3.05) is 0 Å². The molecule has 0 fully saturated rings. The molecule has 0 bridgehead atoms. The highest BCUT2D eigenvalue weighted by atomic mass is 16.3. The number of aromatic nitrogens is 5. The zero-order chi connectivity index (χ0) is 67.6. The molecule has 0 atom stereocenters. The average molecular weight is 1290 g/mol. The van der Waals surface area contributed by atoms with Crippen molar-refractivity contribution >= 4 is 98.3 Å². The molecule has 0 saturated carbocycles. The van der Waals surface area contributed by atoms with Crippen LogP contribution in [0.5, 0.6) is 0 Å². The van der Waals surface area contributed by atoms with E-state index in [-0.39, 0.29) is 5.89 Å². The molecular weight excluding hydrogens is 1240 g/mol. The van der Waals surface area contributed by atoms with Gasteiger partial charge >= 0.3 is 0 Å². The number of fused-ring (bicyclic) bond motifs is 13. The Morgan fingerprint density at radius 2 is 0.525 bits per heavy atom. The summed E-state index contributed by atoms with van der Waals surface area (Å²) in [5.74, 6) is 0.259. The quantitative estimate of drug-likeness (QED) is 0.139. The lowest BCUT2D eigenvalue weighted by Gasteiger charge is -2.29. The maximum absolute atomic E-state index is 13.3. The third kappa shape index (κ3) is 8.58. The van der Waals surface area contributed by atoms with Crippen LogP contribution in [0.25, 0.3) is 177 Å². The highest BCUT2D eigenvalue weighted by Crippen LogP contribution is 2.57. The van der Waals surface area contributed by atoms with Gasteiger partial charge in [0.25, 0.3) is 0 Å². The maximum Gasteiger partial charge on any atom is 0.228 e. The van der Waals surface area contributed by atoms with Gasteiger partial charge in [0.2, 0.25) is 5.89 Å². The first-order valence-electron chi connectivity index (χ1n) is 33.1.